The number of hydrogen-bond acceptors (Lipinski definition) is 2. The van der Waals surface area contributed by atoms with Crippen molar-refractivity contribution in [3.05, 3.63) is 218 Å². The zero-order valence-corrected chi connectivity index (χ0v) is 31.6. The Labute approximate surface area is 336 Å². The molecule has 0 aliphatic carbocycles. The standard InChI is InChI=1S/C54H36N4/c1-2-16-40(17-3-1)53-55-54(50-26-14-18-37-15-4-5-21-45(37)50)58(56-53)42-35-31-39(32-36-42)44-20-7-9-23-47(44)46-22-8-6-19-43(46)38-29-33-41(34-30-38)57-51-27-12-10-24-48(51)49-25-11-13-28-52(49)57/h1-36H. The van der Waals surface area contributed by atoms with Crippen LogP contribution in [0.25, 0.3) is 100 Å². The van der Waals surface area contributed by atoms with E-state index in [0.29, 0.717) is 5.82 Å². The zero-order chi connectivity index (χ0) is 38.4. The maximum Gasteiger partial charge on any atom is 0.182 e. The molecule has 0 radical (unpaired) electrons. The lowest BCUT2D eigenvalue weighted by Gasteiger charge is -2.16. The Morgan fingerprint density at radius 2 is 0.776 bits per heavy atom. The summed E-state index contributed by atoms with van der Waals surface area (Å²) in [5.74, 6) is 1.50. The lowest BCUT2D eigenvalue weighted by Crippen LogP contribution is -2.00. The average Bonchev–Trinajstić information content (AvgIpc) is 3.90. The summed E-state index contributed by atoms with van der Waals surface area (Å²) in [6, 6.07) is 77.5. The summed E-state index contributed by atoms with van der Waals surface area (Å²) in [7, 11) is 0. The number of nitrogens with zero attached hydrogens (tertiary/aromatic N) is 4. The van der Waals surface area contributed by atoms with E-state index in [-0.39, 0.29) is 0 Å². The first-order valence-corrected chi connectivity index (χ1v) is 19.7. The molecule has 58 heavy (non-hydrogen) atoms. The molecule has 0 atom stereocenters. The summed E-state index contributed by atoms with van der Waals surface area (Å²) in [6.45, 7) is 0. The van der Waals surface area contributed by atoms with Gasteiger partial charge in [-0.05, 0) is 80.6 Å². The predicted octanol–water partition coefficient (Wildman–Crippen LogP) is 13.9. The minimum absolute atomic E-state index is 0.692. The van der Waals surface area contributed by atoms with E-state index in [1.807, 2.05) is 22.9 Å². The molecule has 0 N–H and O–H groups in total. The van der Waals surface area contributed by atoms with Crippen LogP contribution in [0, 0.1) is 0 Å². The van der Waals surface area contributed by atoms with Crippen LogP contribution in [0.2, 0.25) is 0 Å². The molecule has 0 spiro atoms. The van der Waals surface area contributed by atoms with Gasteiger partial charge in [-0.1, -0.05) is 182 Å². The summed E-state index contributed by atoms with van der Waals surface area (Å²) in [4.78, 5) is 5.15. The highest BCUT2D eigenvalue weighted by atomic mass is 15.4. The minimum atomic E-state index is 0.692. The Hall–Kier alpha value is -7.82. The lowest BCUT2D eigenvalue weighted by molar-refractivity contribution is 0.891. The molecule has 0 bridgehead atoms. The van der Waals surface area contributed by atoms with Crippen molar-refractivity contribution in [2.75, 3.05) is 0 Å². The summed E-state index contributed by atoms with van der Waals surface area (Å²) < 4.78 is 4.35. The van der Waals surface area contributed by atoms with Gasteiger partial charge < -0.3 is 4.57 Å². The largest absolute Gasteiger partial charge is 0.309 e. The van der Waals surface area contributed by atoms with Crippen LogP contribution in [0.3, 0.4) is 0 Å². The molecule has 4 nitrogen and oxygen atoms in total. The quantitative estimate of drug-likeness (QED) is 0.163. The van der Waals surface area contributed by atoms with Gasteiger partial charge in [0.2, 0.25) is 0 Å². The van der Waals surface area contributed by atoms with Crippen molar-refractivity contribution < 1.29 is 0 Å². The highest BCUT2D eigenvalue weighted by molar-refractivity contribution is 6.09. The second-order valence-electron chi connectivity index (χ2n) is 14.6. The Morgan fingerprint density at radius 1 is 0.310 bits per heavy atom. The Balaban J connectivity index is 0.971. The Kier molecular flexibility index (Phi) is 8.11. The number of rotatable bonds is 7. The van der Waals surface area contributed by atoms with Gasteiger partial charge in [-0.15, -0.1) is 5.10 Å². The van der Waals surface area contributed by atoms with Crippen LogP contribution in [0.1, 0.15) is 0 Å². The fourth-order valence-corrected chi connectivity index (χ4v) is 8.51. The van der Waals surface area contributed by atoms with Crippen LogP contribution in [0.4, 0.5) is 0 Å². The van der Waals surface area contributed by atoms with Crippen LogP contribution in [0.5, 0.6) is 0 Å². The third-order valence-corrected chi connectivity index (χ3v) is 11.3. The number of aromatic nitrogens is 4. The first kappa shape index (κ1) is 33.5. The number of para-hydroxylation sites is 2. The number of benzene rings is 9. The summed E-state index contributed by atoms with van der Waals surface area (Å²) >= 11 is 0. The van der Waals surface area contributed by atoms with Gasteiger partial charge in [0, 0.05) is 27.6 Å². The molecule has 0 aliphatic rings. The molecule has 0 unspecified atom stereocenters. The van der Waals surface area contributed by atoms with Gasteiger partial charge in [0.1, 0.15) is 0 Å². The van der Waals surface area contributed by atoms with E-state index < -0.39 is 0 Å². The molecular formula is C54H36N4. The molecule has 9 aromatic carbocycles. The van der Waals surface area contributed by atoms with Gasteiger partial charge in [0.05, 0.1) is 16.7 Å². The molecule has 272 valence electrons. The van der Waals surface area contributed by atoms with E-state index >= 15 is 0 Å². The lowest BCUT2D eigenvalue weighted by atomic mass is 9.89. The van der Waals surface area contributed by atoms with E-state index in [1.54, 1.807) is 0 Å². The zero-order valence-electron chi connectivity index (χ0n) is 31.6. The second kappa shape index (κ2) is 14.0. The van der Waals surface area contributed by atoms with Gasteiger partial charge in [-0.3, -0.25) is 0 Å². The van der Waals surface area contributed by atoms with E-state index in [0.717, 1.165) is 39.3 Å². The number of fused-ring (bicyclic) bond motifs is 4. The van der Waals surface area contributed by atoms with Crippen LogP contribution >= 0.6 is 0 Å². The van der Waals surface area contributed by atoms with Gasteiger partial charge >= 0.3 is 0 Å². The van der Waals surface area contributed by atoms with Crippen LogP contribution < -0.4 is 0 Å². The maximum atomic E-state index is 5.15. The molecule has 4 heteroatoms. The van der Waals surface area contributed by atoms with Crippen molar-refractivity contribution in [2.24, 2.45) is 0 Å². The fourth-order valence-electron chi connectivity index (χ4n) is 8.51. The third-order valence-electron chi connectivity index (χ3n) is 11.3. The van der Waals surface area contributed by atoms with Crippen LogP contribution in [0.15, 0.2) is 218 Å². The van der Waals surface area contributed by atoms with Gasteiger partial charge in [-0.2, -0.15) is 0 Å². The van der Waals surface area contributed by atoms with Crippen molar-refractivity contribution in [1.82, 2.24) is 19.3 Å². The van der Waals surface area contributed by atoms with Gasteiger partial charge in [0.25, 0.3) is 0 Å². The van der Waals surface area contributed by atoms with E-state index in [2.05, 4.69) is 205 Å². The molecular weight excluding hydrogens is 705 g/mol. The molecule has 0 aliphatic heterocycles. The van der Waals surface area contributed by atoms with Crippen LogP contribution in [-0.4, -0.2) is 19.3 Å². The molecule has 0 saturated carbocycles. The molecule has 0 fully saturated rings. The van der Waals surface area contributed by atoms with E-state index in [1.165, 1.54) is 55.0 Å². The summed E-state index contributed by atoms with van der Waals surface area (Å²) in [5, 5.41) is 9.94. The summed E-state index contributed by atoms with van der Waals surface area (Å²) in [6.07, 6.45) is 0. The fraction of sp³-hybridized carbons (Fsp3) is 0. The second-order valence-corrected chi connectivity index (χ2v) is 14.6. The van der Waals surface area contributed by atoms with Gasteiger partial charge in [-0.25, -0.2) is 9.67 Å². The highest BCUT2D eigenvalue weighted by Crippen LogP contribution is 2.40. The highest BCUT2D eigenvalue weighted by Gasteiger charge is 2.19. The Bertz CT molecular complexity index is 3200. The third kappa shape index (κ3) is 5.70. The normalized spacial score (nSPS) is 11.4. The van der Waals surface area contributed by atoms with Crippen molar-refractivity contribution in [2.45, 2.75) is 0 Å². The molecule has 2 heterocycles. The van der Waals surface area contributed by atoms with Crippen molar-refractivity contribution in [3.8, 4) is 67.5 Å². The topological polar surface area (TPSA) is 35.6 Å². The van der Waals surface area contributed by atoms with Gasteiger partial charge in [0.15, 0.2) is 11.6 Å². The Morgan fingerprint density at radius 3 is 1.40 bits per heavy atom. The molecule has 11 rings (SSSR count). The molecule has 0 saturated heterocycles. The molecule has 0 amide bonds. The summed E-state index contributed by atoms with van der Waals surface area (Å²) in [5.41, 5.74) is 13.6. The first-order valence-electron chi connectivity index (χ1n) is 19.7. The van der Waals surface area contributed by atoms with Crippen molar-refractivity contribution in [1.29, 1.82) is 0 Å². The maximum absolute atomic E-state index is 5.15. The van der Waals surface area contributed by atoms with E-state index in [4.69, 9.17) is 10.1 Å². The van der Waals surface area contributed by atoms with E-state index in [9.17, 15) is 0 Å². The van der Waals surface area contributed by atoms with Crippen molar-refractivity contribution in [3.63, 3.8) is 0 Å². The minimum Gasteiger partial charge on any atom is -0.309 e. The SMILES string of the molecule is c1ccc(-c2nc(-c3cccc4ccccc34)n(-c3ccc(-c4ccccc4-c4ccccc4-c4ccc(-n5c6ccccc6c6ccccc65)cc4)cc3)n2)cc1. The average molecular weight is 741 g/mol. The molecule has 2 aromatic heterocycles. The first-order chi connectivity index (χ1) is 28.8. The number of hydrogen-bond donors (Lipinski definition) is 0. The molecule has 11 aromatic rings. The predicted molar refractivity (Wildman–Crippen MR) is 240 cm³/mol. The van der Waals surface area contributed by atoms with Crippen molar-refractivity contribution >= 4 is 32.6 Å². The van der Waals surface area contributed by atoms with Crippen LogP contribution in [-0.2, 0) is 0 Å². The smallest absolute Gasteiger partial charge is 0.182 e. The monoisotopic (exact) mass is 740 g/mol.